The van der Waals surface area contributed by atoms with Crippen molar-refractivity contribution in [2.45, 2.75) is 44.2 Å². The predicted molar refractivity (Wildman–Crippen MR) is 90.7 cm³/mol. The summed E-state index contributed by atoms with van der Waals surface area (Å²) in [4.78, 5) is 4.99. The van der Waals surface area contributed by atoms with Crippen LogP contribution in [-0.2, 0) is 11.3 Å². The fourth-order valence-corrected chi connectivity index (χ4v) is 4.49. The minimum absolute atomic E-state index is 0.301. The quantitative estimate of drug-likeness (QED) is 0.943. The largest absolute Gasteiger partial charge is 0.376 e. The molecular weight excluding hydrogens is 300 g/mol. The number of piperidine rings is 1. The van der Waals surface area contributed by atoms with Crippen molar-refractivity contribution in [3.63, 3.8) is 0 Å². The van der Waals surface area contributed by atoms with Crippen molar-refractivity contribution in [2.24, 2.45) is 5.41 Å². The molecule has 3 fully saturated rings. The lowest BCUT2D eigenvalue weighted by atomic mass is 9.91. The third kappa shape index (κ3) is 2.17. The van der Waals surface area contributed by atoms with E-state index in [4.69, 9.17) is 9.72 Å². The summed E-state index contributed by atoms with van der Waals surface area (Å²) >= 11 is 0. The SMILES string of the molecule is N#Cc1ccc2nc([C@@H]3CC34CCNCC4)n(C[C@H]3CCO3)c2c1. The van der Waals surface area contributed by atoms with E-state index in [0.29, 0.717) is 23.0 Å². The lowest BCUT2D eigenvalue weighted by molar-refractivity contribution is -0.0590. The molecule has 1 aromatic heterocycles. The second-order valence-corrected chi connectivity index (χ2v) is 7.55. The first kappa shape index (κ1) is 14.4. The average Bonchev–Trinajstić information content (AvgIpc) is 3.13. The van der Waals surface area contributed by atoms with Gasteiger partial charge in [-0.3, -0.25) is 0 Å². The van der Waals surface area contributed by atoms with Gasteiger partial charge in [0, 0.05) is 12.5 Å². The maximum absolute atomic E-state index is 9.24. The third-order valence-corrected chi connectivity index (χ3v) is 6.19. The maximum Gasteiger partial charge on any atom is 0.113 e. The summed E-state index contributed by atoms with van der Waals surface area (Å²) in [5.74, 6) is 1.79. The summed E-state index contributed by atoms with van der Waals surface area (Å²) < 4.78 is 8.03. The van der Waals surface area contributed by atoms with Gasteiger partial charge in [-0.25, -0.2) is 4.98 Å². The van der Waals surface area contributed by atoms with Crippen LogP contribution in [0.1, 0.15) is 43.0 Å². The molecule has 1 aliphatic carbocycles. The van der Waals surface area contributed by atoms with Gasteiger partial charge in [-0.05, 0) is 62.4 Å². The Balaban J connectivity index is 1.57. The number of ether oxygens (including phenoxy) is 1. The summed E-state index contributed by atoms with van der Waals surface area (Å²) in [6.45, 7) is 3.99. The van der Waals surface area contributed by atoms with Crippen molar-refractivity contribution in [3.8, 4) is 6.07 Å². The van der Waals surface area contributed by atoms with Gasteiger partial charge in [-0.2, -0.15) is 5.26 Å². The fourth-order valence-electron chi connectivity index (χ4n) is 4.49. The molecule has 0 unspecified atom stereocenters. The van der Waals surface area contributed by atoms with Crippen LogP contribution in [0.25, 0.3) is 11.0 Å². The first-order valence-corrected chi connectivity index (χ1v) is 9.02. The number of imidazole rings is 1. The molecule has 1 N–H and O–H groups in total. The Kier molecular flexibility index (Phi) is 3.19. The molecule has 0 amide bonds. The van der Waals surface area contributed by atoms with E-state index in [9.17, 15) is 5.26 Å². The first-order valence-electron chi connectivity index (χ1n) is 9.02. The molecule has 3 heterocycles. The zero-order valence-electron chi connectivity index (χ0n) is 13.8. The summed E-state index contributed by atoms with van der Waals surface area (Å²) in [6.07, 6.45) is 5.19. The topological polar surface area (TPSA) is 62.9 Å². The Morgan fingerprint density at radius 2 is 2.21 bits per heavy atom. The molecule has 2 saturated heterocycles. The first-order chi connectivity index (χ1) is 11.8. The van der Waals surface area contributed by atoms with Crippen LogP contribution < -0.4 is 5.32 Å². The lowest BCUT2D eigenvalue weighted by Gasteiger charge is -2.28. The van der Waals surface area contributed by atoms with Crippen LogP contribution in [0.3, 0.4) is 0 Å². The van der Waals surface area contributed by atoms with Gasteiger partial charge >= 0.3 is 0 Å². The second kappa shape index (κ2) is 5.30. The minimum atomic E-state index is 0.301. The van der Waals surface area contributed by atoms with E-state index in [-0.39, 0.29) is 0 Å². The monoisotopic (exact) mass is 322 g/mol. The number of nitrogens with one attached hydrogen (secondary N) is 1. The van der Waals surface area contributed by atoms with Crippen LogP contribution in [0.15, 0.2) is 18.2 Å². The van der Waals surface area contributed by atoms with Gasteiger partial charge in [-0.1, -0.05) is 0 Å². The van der Waals surface area contributed by atoms with Crippen molar-refractivity contribution in [3.05, 3.63) is 29.6 Å². The Hall–Kier alpha value is -1.90. The van der Waals surface area contributed by atoms with E-state index < -0.39 is 0 Å². The van der Waals surface area contributed by atoms with Gasteiger partial charge in [0.25, 0.3) is 0 Å². The Labute approximate surface area is 141 Å². The Morgan fingerprint density at radius 1 is 1.38 bits per heavy atom. The van der Waals surface area contributed by atoms with E-state index in [0.717, 1.165) is 43.7 Å². The molecule has 0 bridgehead atoms. The molecule has 5 nitrogen and oxygen atoms in total. The smallest absolute Gasteiger partial charge is 0.113 e. The fraction of sp³-hybridized carbons (Fsp3) is 0.579. The van der Waals surface area contributed by atoms with Crippen molar-refractivity contribution < 1.29 is 4.74 Å². The van der Waals surface area contributed by atoms with E-state index in [1.54, 1.807) is 0 Å². The molecule has 2 aliphatic heterocycles. The van der Waals surface area contributed by atoms with Crippen molar-refractivity contribution in [2.75, 3.05) is 19.7 Å². The molecule has 124 valence electrons. The van der Waals surface area contributed by atoms with Crippen LogP contribution >= 0.6 is 0 Å². The average molecular weight is 322 g/mol. The van der Waals surface area contributed by atoms with Crippen LogP contribution in [0.5, 0.6) is 0 Å². The van der Waals surface area contributed by atoms with Crippen molar-refractivity contribution >= 4 is 11.0 Å². The standard InChI is InChI=1S/C19H22N4O/c20-11-13-1-2-16-17(9-13)23(12-14-3-8-24-14)18(22-16)15-10-19(15)4-6-21-7-5-19/h1-2,9,14-15,21H,3-8,10,12H2/t14-,15+/m1/s1. The van der Waals surface area contributed by atoms with Crippen LogP contribution in [0.2, 0.25) is 0 Å². The number of aromatic nitrogens is 2. The molecule has 3 aliphatic rings. The molecule has 5 rings (SSSR count). The summed E-state index contributed by atoms with van der Waals surface area (Å²) in [5.41, 5.74) is 3.27. The van der Waals surface area contributed by atoms with Crippen LogP contribution in [0.4, 0.5) is 0 Å². The minimum Gasteiger partial charge on any atom is -0.376 e. The Bertz CT molecular complexity index is 824. The number of fused-ring (bicyclic) bond motifs is 1. The van der Waals surface area contributed by atoms with Gasteiger partial charge in [-0.15, -0.1) is 0 Å². The summed E-state index contributed by atoms with van der Waals surface area (Å²) in [7, 11) is 0. The highest BCUT2D eigenvalue weighted by Crippen LogP contribution is 2.64. The number of hydrogen-bond donors (Lipinski definition) is 1. The van der Waals surface area contributed by atoms with Gasteiger partial charge in [0.2, 0.25) is 0 Å². The highest BCUT2D eigenvalue weighted by molar-refractivity contribution is 5.78. The van der Waals surface area contributed by atoms with Crippen LogP contribution in [0, 0.1) is 16.7 Å². The molecule has 5 heteroatoms. The molecule has 1 spiro atoms. The molecule has 2 atom stereocenters. The summed E-state index contributed by atoms with van der Waals surface area (Å²) in [6, 6.07) is 8.11. The van der Waals surface area contributed by atoms with Gasteiger partial charge in [0.15, 0.2) is 0 Å². The van der Waals surface area contributed by atoms with Gasteiger partial charge in [0.1, 0.15) is 5.82 Å². The van der Waals surface area contributed by atoms with Gasteiger partial charge in [0.05, 0.1) is 35.3 Å². The second-order valence-electron chi connectivity index (χ2n) is 7.55. The highest BCUT2D eigenvalue weighted by atomic mass is 16.5. The third-order valence-electron chi connectivity index (χ3n) is 6.19. The van der Waals surface area contributed by atoms with Crippen LogP contribution in [-0.4, -0.2) is 35.4 Å². The zero-order chi connectivity index (χ0) is 16.1. The number of rotatable bonds is 3. The lowest BCUT2D eigenvalue weighted by Crippen LogP contribution is -2.32. The number of benzene rings is 1. The predicted octanol–water partition coefficient (Wildman–Crippen LogP) is 2.55. The molecule has 0 radical (unpaired) electrons. The van der Waals surface area contributed by atoms with Crippen molar-refractivity contribution in [1.29, 1.82) is 5.26 Å². The number of nitrogens with zero attached hydrogens (tertiary/aromatic N) is 3. The zero-order valence-corrected chi connectivity index (χ0v) is 13.8. The van der Waals surface area contributed by atoms with Gasteiger partial charge < -0.3 is 14.6 Å². The van der Waals surface area contributed by atoms with E-state index >= 15 is 0 Å². The summed E-state index contributed by atoms with van der Waals surface area (Å²) in [5, 5.41) is 12.7. The van der Waals surface area contributed by atoms with E-state index in [2.05, 4.69) is 16.0 Å². The Morgan fingerprint density at radius 3 is 2.92 bits per heavy atom. The maximum atomic E-state index is 9.24. The van der Waals surface area contributed by atoms with E-state index in [1.807, 2.05) is 18.2 Å². The molecule has 24 heavy (non-hydrogen) atoms. The number of hydrogen-bond acceptors (Lipinski definition) is 4. The molecule has 1 aromatic carbocycles. The van der Waals surface area contributed by atoms with Crippen molar-refractivity contribution in [1.82, 2.24) is 14.9 Å². The normalized spacial score (nSPS) is 27.8. The number of nitriles is 1. The highest BCUT2D eigenvalue weighted by Gasteiger charge is 2.56. The molecule has 1 saturated carbocycles. The molecular formula is C19H22N4O. The van der Waals surface area contributed by atoms with E-state index in [1.165, 1.54) is 25.1 Å². The molecule has 2 aromatic rings.